The lowest BCUT2D eigenvalue weighted by Crippen LogP contribution is -2.03. The Labute approximate surface area is 178 Å². The molecule has 2 aromatic carbocycles. The van der Waals surface area contributed by atoms with Gasteiger partial charge in [0.15, 0.2) is 0 Å². The maximum absolute atomic E-state index is 12.6. The molecule has 1 aliphatic heterocycles. The third-order valence-corrected chi connectivity index (χ3v) is 5.21. The van der Waals surface area contributed by atoms with Crippen LogP contribution in [0.25, 0.3) is 22.9 Å². The summed E-state index contributed by atoms with van der Waals surface area (Å²) in [4.78, 5) is 16.9. The Hall–Kier alpha value is -3.70. The molecule has 1 aliphatic rings. The molecule has 0 saturated heterocycles. The van der Waals surface area contributed by atoms with E-state index < -0.39 is 0 Å². The molecule has 0 fully saturated rings. The fraction of sp³-hybridized carbons (Fsp3) is 0.0417. The number of nitrogens with zero attached hydrogens (tertiary/aromatic N) is 3. The molecule has 6 heteroatoms. The lowest BCUT2D eigenvalue weighted by atomic mass is 10.0. The maximum atomic E-state index is 12.6. The van der Waals surface area contributed by atoms with E-state index in [2.05, 4.69) is 22.4 Å². The van der Waals surface area contributed by atoms with Gasteiger partial charge in [-0.1, -0.05) is 48.0 Å². The number of anilines is 1. The maximum Gasteiger partial charge on any atom is 0.256 e. The van der Waals surface area contributed by atoms with Gasteiger partial charge in [0, 0.05) is 45.9 Å². The summed E-state index contributed by atoms with van der Waals surface area (Å²) >= 11 is 6.07. The van der Waals surface area contributed by atoms with Crippen LogP contribution in [0.15, 0.2) is 79.3 Å². The molecule has 30 heavy (non-hydrogen) atoms. The van der Waals surface area contributed by atoms with Gasteiger partial charge in [0.1, 0.15) is 5.69 Å². The molecule has 0 aliphatic carbocycles. The largest absolute Gasteiger partial charge is 0.321 e. The standard InChI is InChI=1S/C24H17ClN4O/c25-19-8-9-20-21(24(30)27-22(20)12-19)11-18-15-29(14-16-5-2-1-3-6-16)28-23(18)17-7-4-10-26-13-17/h1-13,15H,14H2,(H,27,30)/b21-11-. The lowest BCUT2D eigenvalue weighted by Gasteiger charge is -2.01. The van der Waals surface area contributed by atoms with Crippen LogP contribution in [0.1, 0.15) is 16.7 Å². The lowest BCUT2D eigenvalue weighted by molar-refractivity contribution is -0.110. The van der Waals surface area contributed by atoms with Gasteiger partial charge in [-0.3, -0.25) is 14.5 Å². The molecule has 0 radical (unpaired) electrons. The van der Waals surface area contributed by atoms with Gasteiger partial charge < -0.3 is 5.32 Å². The van der Waals surface area contributed by atoms with Gasteiger partial charge in [-0.05, 0) is 35.9 Å². The zero-order valence-electron chi connectivity index (χ0n) is 15.9. The van der Waals surface area contributed by atoms with Crippen LogP contribution in [0.5, 0.6) is 0 Å². The molecule has 4 aromatic rings. The number of hydrogen-bond acceptors (Lipinski definition) is 3. The van der Waals surface area contributed by atoms with Crippen LogP contribution in [0, 0.1) is 0 Å². The van der Waals surface area contributed by atoms with Gasteiger partial charge in [-0.2, -0.15) is 5.10 Å². The van der Waals surface area contributed by atoms with Crippen LogP contribution >= 0.6 is 11.6 Å². The quantitative estimate of drug-likeness (QED) is 0.472. The molecule has 0 unspecified atom stereocenters. The molecular formula is C24H17ClN4O. The van der Waals surface area contributed by atoms with Crippen LogP contribution in [0.2, 0.25) is 5.02 Å². The predicted octanol–water partition coefficient (Wildman–Crippen LogP) is 5.14. The third kappa shape index (κ3) is 3.51. The van der Waals surface area contributed by atoms with Crippen LogP contribution in [-0.2, 0) is 11.3 Å². The molecule has 2 aromatic heterocycles. The first-order valence-corrected chi connectivity index (χ1v) is 9.90. The normalized spacial score (nSPS) is 14.0. The van der Waals surface area contributed by atoms with Crippen molar-refractivity contribution in [2.75, 3.05) is 5.32 Å². The number of aromatic nitrogens is 3. The summed E-state index contributed by atoms with van der Waals surface area (Å²) in [6.45, 7) is 0.635. The van der Waals surface area contributed by atoms with E-state index in [0.29, 0.717) is 17.1 Å². The molecule has 5 nitrogen and oxygen atoms in total. The summed E-state index contributed by atoms with van der Waals surface area (Å²) in [7, 11) is 0. The van der Waals surface area contributed by atoms with Crippen molar-refractivity contribution in [2.24, 2.45) is 0 Å². The Kier molecular flexibility index (Phi) is 4.65. The summed E-state index contributed by atoms with van der Waals surface area (Å²) < 4.78 is 1.89. The van der Waals surface area contributed by atoms with E-state index in [1.165, 1.54) is 0 Å². The van der Waals surface area contributed by atoms with Gasteiger partial charge in [0.25, 0.3) is 5.91 Å². The van der Waals surface area contributed by atoms with E-state index in [-0.39, 0.29) is 5.91 Å². The monoisotopic (exact) mass is 412 g/mol. The van der Waals surface area contributed by atoms with Gasteiger partial charge in [-0.25, -0.2) is 0 Å². The van der Waals surface area contributed by atoms with E-state index in [4.69, 9.17) is 16.7 Å². The van der Waals surface area contributed by atoms with Crippen molar-refractivity contribution in [3.8, 4) is 11.3 Å². The SMILES string of the molecule is O=C1Nc2cc(Cl)ccc2/C1=C/c1cn(Cc2ccccc2)nc1-c1cccnc1. The molecular weight excluding hydrogens is 396 g/mol. The fourth-order valence-corrected chi connectivity index (χ4v) is 3.76. The van der Waals surface area contributed by atoms with Gasteiger partial charge in [0.05, 0.1) is 12.2 Å². The minimum absolute atomic E-state index is 0.153. The van der Waals surface area contributed by atoms with Crippen LogP contribution in [0.3, 0.4) is 0 Å². The first kappa shape index (κ1) is 18.3. The molecule has 1 N–H and O–H groups in total. The Morgan fingerprint density at radius 1 is 1.07 bits per heavy atom. The number of halogens is 1. The zero-order valence-corrected chi connectivity index (χ0v) is 16.7. The predicted molar refractivity (Wildman–Crippen MR) is 119 cm³/mol. The van der Waals surface area contributed by atoms with Crippen LogP contribution in [-0.4, -0.2) is 20.7 Å². The van der Waals surface area contributed by atoms with Crippen molar-refractivity contribution < 1.29 is 4.79 Å². The second kappa shape index (κ2) is 7.61. The van der Waals surface area contributed by atoms with E-state index >= 15 is 0 Å². The molecule has 5 rings (SSSR count). The van der Waals surface area contributed by atoms with Gasteiger partial charge in [0.2, 0.25) is 0 Å². The van der Waals surface area contributed by atoms with Crippen molar-refractivity contribution in [1.29, 1.82) is 0 Å². The smallest absolute Gasteiger partial charge is 0.256 e. The van der Waals surface area contributed by atoms with Gasteiger partial charge >= 0.3 is 0 Å². The molecule has 146 valence electrons. The van der Waals surface area contributed by atoms with Crippen molar-refractivity contribution in [3.63, 3.8) is 0 Å². The van der Waals surface area contributed by atoms with E-state index in [1.807, 2.05) is 53.4 Å². The molecule has 0 spiro atoms. The Morgan fingerprint density at radius 3 is 2.73 bits per heavy atom. The second-order valence-corrected chi connectivity index (χ2v) is 7.50. The summed E-state index contributed by atoms with van der Waals surface area (Å²) in [5.41, 5.74) is 5.82. The van der Waals surface area contributed by atoms with Crippen molar-refractivity contribution in [1.82, 2.24) is 14.8 Å². The number of amides is 1. The highest BCUT2D eigenvalue weighted by Crippen LogP contribution is 2.36. The second-order valence-electron chi connectivity index (χ2n) is 7.06. The van der Waals surface area contributed by atoms with Crippen molar-refractivity contribution in [2.45, 2.75) is 6.54 Å². The minimum Gasteiger partial charge on any atom is -0.321 e. The first-order chi connectivity index (χ1) is 14.7. The topological polar surface area (TPSA) is 59.8 Å². The van der Waals surface area contributed by atoms with Crippen molar-refractivity contribution in [3.05, 3.63) is 101 Å². The summed E-state index contributed by atoms with van der Waals surface area (Å²) in [6, 6.07) is 19.4. The van der Waals surface area contributed by atoms with E-state index in [0.717, 1.165) is 33.6 Å². The molecule has 3 heterocycles. The minimum atomic E-state index is -0.153. The summed E-state index contributed by atoms with van der Waals surface area (Å²) in [6.07, 6.45) is 7.35. The number of nitrogens with one attached hydrogen (secondary N) is 1. The van der Waals surface area contributed by atoms with E-state index in [1.54, 1.807) is 24.5 Å². The average Bonchev–Trinajstić information content (AvgIpc) is 3.29. The number of benzene rings is 2. The number of carbonyl (C=O) groups is 1. The third-order valence-electron chi connectivity index (χ3n) is 4.98. The Bertz CT molecular complexity index is 1260. The molecule has 0 bridgehead atoms. The van der Waals surface area contributed by atoms with Crippen molar-refractivity contribution >= 4 is 34.8 Å². The number of hydrogen-bond donors (Lipinski definition) is 1. The van der Waals surface area contributed by atoms with Gasteiger partial charge in [-0.15, -0.1) is 0 Å². The number of rotatable bonds is 4. The van der Waals surface area contributed by atoms with E-state index in [9.17, 15) is 4.79 Å². The molecule has 0 atom stereocenters. The zero-order chi connectivity index (χ0) is 20.5. The number of fused-ring (bicyclic) bond motifs is 1. The van der Waals surface area contributed by atoms with Crippen LogP contribution in [0.4, 0.5) is 5.69 Å². The fourth-order valence-electron chi connectivity index (χ4n) is 3.59. The highest BCUT2D eigenvalue weighted by atomic mass is 35.5. The molecule has 0 saturated carbocycles. The summed E-state index contributed by atoms with van der Waals surface area (Å²) in [5, 5.41) is 8.26. The highest BCUT2D eigenvalue weighted by Gasteiger charge is 2.25. The first-order valence-electron chi connectivity index (χ1n) is 9.52. The number of pyridine rings is 1. The molecule has 1 amide bonds. The highest BCUT2D eigenvalue weighted by molar-refractivity contribution is 6.36. The Morgan fingerprint density at radius 2 is 1.93 bits per heavy atom. The van der Waals surface area contributed by atoms with Crippen LogP contribution < -0.4 is 5.32 Å². The average molecular weight is 413 g/mol. The Balaban J connectivity index is 1.61. The summed E-state index contributed by atoms with van der Waals surface area (Å²) in [5.74, 6) is -0.153. The number of carbonyl (C=O) groups excluding carboxylic acids is 1.